The molecule has 0 bridgehead atoms. The van der Waals surface area contributed by atoms with Crippen molar-refractivity contribution >= 4 is 5.69 Å². The van der Waals surface area contributed by atoms with Gasteiger partial charge in [-0.05, 0) is 47.7 Å². The number of rotatable bonds is 2. The van der Waals surface area contributed by atoms with Crippen molar-refractivity contribution in [3.63, 3.8) is 0 Å². The van der Waals surface area contributed by atoms with Gasteiger partial charge < -0.3 is 4.57 Å². The van der Waals surface area contributed by atoms with E-state index < -0.39 is 0 Å². The van der Waals surface area contributed by atoms with Crippen molar-refractivity contribution < 1.29 is 20.1 Å². The molecule has 0 saturated carbocycles. The van der Waals surface area contributed by atoms with Crippen LogP contribution in [0.25, 0.3) is 38.6 Å². The largest absolute Gasteiger partial charge is 0.371 e. The summed E-state index contributed by atoms with van der Waals surface area (Å²) in [7, 11) is 0. The zero-order chi connectivity index (χ0) is 24.9. The molecule has 1 aliphatic heterocycles. The molecule has 6 rings (SSSR count). The van der Waals surface area contributed by atoms with E-state index in [9.17, 15) is 0 Å². The minimum Gasteiger partial charge on any atom is -0.371 e. The third-order valence-electron chi connectivity index (χ3n) is 6.11. The van der Waals surface area contributed by atoms with Crippen LogP contribution in [-0.2, 0) is 33.1 Å². The van der Waals surface area contributed by atoms with Gasteiger partial charge in [-0.2, -0.15) is 4.85 Å². The molecule has 6 heteroatoms. The number of benzene rings is 3. The van der Waals surface area contributed by atoms with Crippen molar-refractivity contribution in [3.05, 3.63) is 126 Å². The number of nitriles is 1. The minimum atomic E-state index is 0. The van der Waals surface area contributed by atoms with E-state index in [0.717, 1.165) is 35.5 Å². The Kier molecular flexibility index (Phi) is 8.06. The SMILES string of the molecule is [C-]#[N+]c1ccc(C#N)[c-]c1-c1cc(-c2ccccc2)c(C)cn1.[Ir].[c-]1cccc2c1-c1nccn1CC2. The Hall–Kier alpha value is -4.35. The van der Waals surface area contributed by atoms with Gasteiger partial charge in [0.1, 0.15) is 6.57 Å². The third kappa shape index (κ3) is 5.42. The summed E-state index contributed by atoms with van der Waals surface area (Å²) in [5, 5.41) is 9.07. The fourth-order valence-electron chi connectivity index (χ4n) is 4.28. The number of fused-ring (bicyclic) bond motifs is 3. The Morgan fingerprint density at radius 3 is 2.68 bits per heavy atom. The predicted molar refractivity (Wildman–Crippen MR) is 140 cm³/mol. The van der Waals surface area contributed by atoms with Crippen molar-refractivity contribution in [2.45, 2.75) is 19.9 Å². The Morgan fingerprint density at radius 1 is 1.05 bits per heavy atom. The molecule has 3 heterocycles. The van der Waals surface area contributed by atoms with E-state index in [1.54, 1.807) is 18.3 Å². The second kappa shape index (κ2) is 11.6. The molecule has 5 nitrogen and oxygen atoms in total. The van der Waals surface area contributed by atoms with Crippen LogP contribution in [0.15, 0.2) is 85.3 Å². The number of pyridine rings is 1. The maximum atomic E-state index is 9.07. The van der Waals surface area contributed by atoms with Gasteiger partial charge in [-0.25, -0.2) is 5.26 Å². The molecular weight excluding hydrogens is 635 g/mol. The average Bonchev–Trinajstić information content (AvgIpc) is 3.43. The Bertz CT molecular complexity index is 1620. The summed E-state index contributed by atoms with van der Waals surface area (Å²) in [5.74, 6) is 1.06. The zero-order valence-corrected chi connectivity index (χ0v) is 22.5. The van der Waals surface area contributed by atoms with Crippen LogP contribution in [0.3, 0.4) is 0 Å². The average molecular weight is 656 g/mol. The van der Waals surface area contributed by atoms with E-state index in [1.807, 2.05) is 67.8 Å². The summed E-state index contributed by atoms with van der Waals surface area (Å²) >= 11 is 0. The molecule has 5 aromatic rings. The standard InChI is InChI=1S/C20H12N3.C11H9N2.Ir/c1-14-13-23-20(11-17(14)16-6-4-3-5-7-16)18-10-15(12-21)8-9-19(18)22-2;1-2-4-10-9(3-1)5-7-13-8-6-12-11(10)13;/h3-9,11,13H,1H3;1-3,6,8H,5,7H2;/q2*-1;. The van der Waals surface area contributed by atoms with Crippen LogP contribution in [-0.4, -0.2) is 14.5 Å². The van der Waals surface area contributed by atoms with Gasteiger partial charge in [0.25, 0.3) is 5.69 Å². The number of nitrogens with zero attached hydrogens (tertiary/aromatic N) is 5. The van der Waals surface area contributed by atoms with Crippen LogP contribution in [0.4, 0.5) is 5.69 Å². The number of imidazole rings is 1. The van der Waals surface area contributed by atoms with E-state index in [4.69, 9.17) is 11.8 Å². The van der Waals surface area contributed by atoms with Crippen LogP contribution in [0.5, 0.6) is 0 Å². The van der Waals surface area contributed by atoms with Gasteiger partial charge in [0, 0.05) is 50.9 Å². The van der Waals surface area contributed by atoms with Crippen molar-refractivity contribution in [1.29, 1.82) is 5.26 Å². The molecule has 3 aromatic carbocycles. The zero-order valence-electron chi connectivity index (χ0n) is 20.1. The number of hydrogen-bond acceptors (Lipinski definition) is 3. The van der Waals surface area contributed by atoms with Gasteiger partial charge >= 0.3 is 0 Å². The van der Waals surface area contributed by atoms with Crippen LogP contribution >= 0.6 is 0 Å². The molecule has 181 valence electrons. The summed E-state index contributed by atoms with van der Waals surface area (Å²) in [4.78, 5) is 12.3. The number of aromatic nitrogens is 3. The third-order valence-corrected chi connectivity index (χ3v) is 6.11. The molecule has 1 aliphatic rings. The molecule has 0 aliphatic carbocycles. The van der Waals surface area contributed by atoms with Crippen molar-refractivity contribution in [2.24, 2.45) is 0 Å². The van der Waals surface area contributed by atoms with Crippen molar-refractivity contribution in [1.82, 2.24) is 14.5 Å². The summed E-state index contributed by atoms with van der Waals surface area (Å²) in [5.41, 5.74) is 7.79. The van der Waals surface area contributed by atoms with Crippen LogP contribution < -0.4 is 0 Å². The second-order valence-electron chi connectivity index (χ2n) is 8.37. The fourth-order valence-corrected chi connectivity index (χ4v) is 4.28. The summed E-state index contributed by atoms with van der Waals surface area (Å²) < 4.78 is 2.18. The smallest absolute Gasteiger partial charge is 0.253 e. The molecule has 0 unspecified atom stereocenters. The van der Waals surface area contributed by atoms with Gasteiger partial charge in [0.2, 0.25) is 0 Å². The molecule has 0 N–H and O–H groups in total. The Morgan fingerprint density at radius 2 is 1.89 bits per heavy atom. The Labute approximate surface area is 230 Å². The fraction of sp³-hybridized carbons (Fsp3) is 0.0968. The number of hydrogen-bond donors (Lipinski definition) is 0. The van der Waals surface area contributed by atoms with E-state index in [2.05, 4.69) is 43.6 Å². The summed E-state index contributed by atoms with van der Waals surface area (Å²) in [6, 6.07) is 29.7. The molecular formula is C31H21IrN5-2. The minimum absolute atomic E-state index is 0. The predicted octanol–water partition coefficient (Wildman–Crippen LogP) is 6.85. The molecule has 37 heavy (non-hydrogen) atoms. The monoisotopic (exact) mass is 656 g/mol. The van der Waals surface area contributed by atoms with Crippen LogP contribution in [0.1, 0.15) is 16.7 Å². The van der Waals surface area contributed by atoms with Crippen LogP contribution in [0.2, 0.25) is 0 Å². The van der Waals surface area contributed by atoms with Crippen molar-refractivity contribution in [3.8, 4) is 39.8 Å². The summed E-state index contributed by atoms with van der Waals surface area (Å²) in [6.45, 7) is 10.4. The first-order chi connectivity index (χ1) is 17.7. The number of aryl methyl sites for hydroxylation is 3. The second-order valence-corrected chi connectivity index (χ2v) is 8.37. The van der Waals surface area contributed by atoms with Gasteiger partial charge in [0.05, 0.1) is 5.82 Å². The van der Waals surface area contributed by atoms with Gasteiger partial charge in [0.15, 0.2) is 0 Å². The molecule has 0 fully saturated rings. The molecule has 1 radical (unpaired) electrons. The van der Waals surface area contributed by atoms with E-state index in [1.165, 1.54) is 11.1 Å². The maximum Gasteiger partial charge on any atom is 0.253 e. The topological polar surface area (TPSA) is 58.9 Å². The molecule has 0 spiro atoms. The van der Waals surface area contributed by atoms with Gasteiger partial charge in [-0.3, -0.25) is 9.97 Å². The molecule has 2 aromatic heterocycles. The first kappa shape index (κ1) is 25.7. The Balaban J connectivity index is 0.000000193. The van der Waals surface area contributed by atoms with Gasteiger partial charge in [-0.15, -0.1) is 41.5 Å². The van der Waals surface area contributed by atoms with Crippen molar-refractivity contribution in [2.75, 3.05) is 0 Å². The first-order valence-electron chi connectivity index (χ1n) is 11.6. The van der Waals surface area contributed by atoms with Crippen LogP contribution in [0, 0.1) is 37.0 Å². The van der Waals surface area contributed by atoms with E-state index >= 15 is 0 Å². The van der Waals surface area contributed by atoms with E-state index in [-0.39, 0.29) is 20.1 Å². The molecule has 0 amide bonds. The molecule has 0 atom stereocenters. The normalized spacial score (nSPS) is 10.9. The quantitative estimate of drug-likeness (QED) is 0.196. The molecule has 0 saturated heterocycles. The van der Waals surface area contributed by atoms with Gasteiger partial charge in [-0.1, -0.05) is 48.0 Å². The maximum absolute atomic E-state index is 9.07. The first-order valence-corrected chi connectivity index (χ1v) is 11.6. The summed E-state index contributed by atoms with van der Waals surface area (Å²) in [6.07, 6.45) is 6.76. The van der Waals surface area contributed by atoms with E-state index in [0.29, 0.717) is 22.5 Å².